The van der Waals surface area contributed by atoms with E-state index in [1.54, 1.807) is 4.68 Å². The molecule has 0 saturated heterocycles. The highest BCUT2D eigenvalue weighted by atomic mass is 16.5. The van der Waals surface area contributed by atoms with Gasteiger partial charge >= 0.3 is 0 Å². The first-order valence-electron chi connectivity index (χ1n) is 8.06. The SMILES string of the molecule is CCOc1ccc(/C=C/c2cnc3c(c2)c(C)nn3CCO)cc1. The van der Waals surface area contributed by atoms with Crippen LogP contribution in [0.15, 0.2) is 36.5 Å². The lowest BCUT2D eigenvalue weighted by atomic mass is 10.1. The van der Waals surface area contributed by atoms with Crippen molar-refractivity contribution in [2.75, 3.05) is 13.2 Å². The van der Waals surface area contributed by atoms with Gasteiger partial charge < -0.3 is 9.84 Å². The standard InChI is InChI=1S/C19H21N3O2/c1-3-24-17-8-6-15(7-9-17)4-5-16-12-18-14(2)21-22(10-11-23)19(18)20-13-16/h4-9,12-13,23H,3,10-11H2,1-2H3/b5-4+. The van der Waals surface area contributed by atoms with Gasteiger partial charge in [-0.1, -0.05) is 24.3 Å². The summed E-state index contributed by atoms with van der Waals surface area (Å²) in [5.41, 5.74) is 3.84. The van der Waals surface area contributed by atoms with Crippen molar-refractivity contribution >= 4 is 23.2 Å². The Kier molecular flexibility index (Phi) is 4.91. The highest BCUT2D eigenvalue weighted by molar-refractivity contribution is 5.82. The zero-order valence-electron chi connectivity index (χ0n) is 13.9. The van der Waals surface area contributed by atoms with Gasteiger partial charge in [0.2, 0.25) is 0 Å². The topological polar surface area (TPSA) is 60.2 Å². The van der Waals surface area contributed by atoms with Crippen LogP contribution in [0, 0.1) is 6.92 Å². The van der Waals surface area contributed by atoms with Crippen LogP contribution in [0.25, 0.3) is 23.2 Å². The fourth-order valence-electron chi connectivity index (χ4n) is 2.60. The van der Waals surface area contributed by atoms with Crippen LogP contribution in [-0.2, 0) is 6.54 Å². The molecule has 0 saturated carbocycles. The van der Waals surface area contributed by atoms with Crippen molar-refractivity contribution in [2.24, 2.45) is 0 Å². The van der Waals surface area contributed by atoms with E-state index >= 15 is 0 Å². The fraction of sp³-hybridized carbons (Fsp3) is 0.263. The van der Waals surface area contributed by atoms with Gasteiger partial charge in [0.25, 0.3) is 0 Å². The van der Waals surface area contributed by atoms with Gasteiger partial charge in [-0.2, -0.15) is 5.10 Å². The third kappa shape index (κ3) is 3.46. The number of aliphatic hydroxyl groups excluding tert-OH is 1. The Morgan fingerprint density at radius 1 is 1.17 bits per heavy atom. The lowest BCUT2D eigenvalue weighted by Crippen LogP contribution is -2.04. The van der Waals surface area contributed by atoms with E-state index in [2.05, 4.69) is 16.1 Å². The Hall–Kier alpha value is -2.66. The average molecular weight is 323 g/mol. The second-order valence-electron chi connectivity index (χ2n) is 5.51. The molecule has 24 heavy (non-hydrogen) atoms. The van der Waals surface area contributed by atoms with Crippen LogP contribution in [-0.4, -0.2) is 33.1 Å². The van der Waals surface area contributed by atoms with Crippen LogP contribution in [0.2, 0.25) is 0 Å². The molecule has 0 bridgehead atoms. The van der Waals surface area contributed by atoms with E-state index < -0.39 is 0 Å². The Morgan fingerprint density at radius 3 is 2.62 bits per heavy atom. The molecular formula is C19H21N3O2. The van der Waals surface area contributed by atoms with E-state index in [4.69, 9.17) is 9.84 Å². The third-order valence-corrected chi connectivity index (χ3v) is 3.76. The molecule has 0 aliphatic carbocycles. The Labute approximate surface area is 141 Å². The zero-order chi connectivity index (χ0) is 16.9. The first-order valence-corrected chi connectivity index (χ1v) is 8.06. The maximum Gasteiger partial charge on any atom is 0.158 e. The molecular weight excluding hydrogens is 302 g/mol. The molecule has 2 heterocycles. The number of hydrogen-bond acceptors (Lipinski definition) is 4. The lowest BCUT2D eigenvalue weighted by molar-refractivity contribution is 0.271. The summed E-state index contributed by atoms with van der Waals surface area (Å²) in [5, 5.41) is 14.5. The van der Waals surface area contributed by atoms with Crippen molar-refractivity contribution in [3.63, 3.8) is 0 Å². The van der Waals surface area contributed by atoms with Crippen LogP contribution >= 0.6 is 0 Å². The number of fused-ring (bicyclic) bond motifs is 1. The molecule has 1 N–H and O–H groups in total. The first-order chi connectivity index (χ1) is 11.7. The molecule has 1 aromatic carbocycles. The number of aryl methyl sites for hydroxylation is 1. The zero-order valence-corrected chi connectivity index (χ0v) is 13.9. The van der Waals surface area contributed by atoms with Crippen molar-refractivity contribution in [1.29, 1.82) is 0 Å². The summed E-state index contributed by atoms with van der Waals surface area (Å²) >= 11 is 0. The van der Waals surface area contributed by atoms with Crippen LogP contribution in [0.1, 0.15) is 23.7 Å². The number of pyridine rings is 1. The van der Waals surface area contributed by atoms with E-state index in [1.807, 2.05) is 56.5 Å². The van der Waals surface area contributed by atoms with E-state index in [0.29, 0.717) is 13.2 Å². The molecule has 0 aliphatic rings. The van der Waals surface area contributed by atoms with Gasteiger partial charge in [0.1, 0.15) is 5.75 Å². The third-order valence-electron chi connectivity index (χ3n) is 3.76. The molecule has 0 amide bonds. The highest BCUT2D eigenvalue weighted by Gasteiger charge is 2.08. The normalized spacial score (nSPS) is 11.5. The molecule has 2 aromatic heterocycles. The average Bonchev–Trinajstić information content (AvgIpc) is 2.91. The molecule has 5 heteroatoms. The Morgan fingerprint density at radius 2 is 1.92 bits per heavy atom. The molecule has 0 aliphatic heterocycles. The maximum atomic E-state index is 9.10. The van der Waals surface area contributed by atoms with Gasteiger partial charge in [-0.15, -0.1) is 0 Å². The van der Waals surface area contributed by atoms with Crippen LogP contribution in [0.4, 0.5) is 0 Å². The van der Waals surface area contributed by atoms with E-state index in [9.17, 15) is 0 Å². The van der Waals surface area contributed by atoms with Gasteiger partial charge in [0, 0.05) is 11.6 Å². The van der Waals surface area contributed by atoms with Crippen molar-refractivity contribution < 1.29 is 9.84 Å². The summed E-state index contributed by atoms with van der Waals surface area (Å²) < 4.78 is 7.19. The molecule has 0 unspecified atom stereocenters. The van der Waals surface area contributed by atoms with Crippen molar-refractivity contribution in [3.05, 3.63) is 53.3 Å². The van der Waals surface area contributed by atoms with Crippen LogP contribution < -0.4 is 4.74 Å². The second kappa shape index (κ2) is 7.27. The highest BCUT2D eigenvalue weighted by Crippen LogP contribution is 2.19. The van der Waals surface area contributed by atoms with Crippen molar-refractivity contribution in [1.82, 2.24) is 14.8 Å². The van der Waals surface area contributed by atoms with Crippen molar-refractivity contribution in [2.45, 2.75) is 20.4 Å². The minimum Gasteiger partial charge on any atom is -0.494 e. The monoisotopic (exact) mass is 323 g/mol. The lowest BCUT2D eigenvalue weighted by Gasteiger charge is -2.02. The number of benzene rings is 1. The predicted molar refractivity (Wildman–Crippen MR) is 95.9 cm³/mol. The number of aliphatic hydroxyl groups is 1. The summed E-state index contributed by atoms with van der Waals surface area (Å²) in [7, 11) is 0. The van der Waals surface area contributed by atoms with Gasteiger partial charge in [-0.05, 0) is 43.2 Å². The van der Waals surface area contributed by atoms with Crippen LogP contribution in [0.5, 0.6) is 5.75 Å². The number of nitrogens with zero attached hydrogens (tertiary/aromatic N) is 3. The maximum absolute atomic E-state index is 9.10. The Balaban J connectivity index is 1.83. The molecule has 0 fully saturated rings. The van der Waals surface area contributed by atoms with E-state index in [1.165, 1.54) is 0 Å². The first kappa shape index (κ1) is 16.2. The fourth-order valence-corrected chi connectivity index (χ4v) is 2.60. The largest absolute Gasteiger partial charge is 0.494 e. The quantitative estimate of drug-likeness (QED) is 0.756. The molecule has 3 rings (SSSR count). The number of hydrogen-bond donors (Lipinski definition) is 1. The molecule has 3 aromatic rings. The summed E-state index contributed by atoms with van der Waals surface area (Å²) in [6.07, 6.45) is 5.90. The summed E-state index contributed by atoms with van der Waals surface area (Å²) in [6.45, 7) is 5.11. The molecule has 124 valence electrons. The summed E-state index contributed by atoms with van der Waals surface area (Å²) in [4.78, 5) is 4.49. The molecule has 0 radical (unpaired) electrons. The Bertz CT molecular complexity index is 851. The molecule has 0 atom stereocenters. The number of ether oxygens (including phenoxy) is 1. The summed E-state index contributed by atoms with van der Waals surface area (Å²) in [5.74, 6) is 0.879. The van der Waals surface area contributed by atoms with E-state index in [0.717, 1.165) is 33.6 Å². The second-order valence-corrected chi connectivity index (χ2v) is 5.51. The predicted octanol–water partition coefficient (Wildman–Crippen LogP) is 3.30. The molecule has 0 spiro atoms. The smallest absolute Gasteiger partial charge is 0.158 e. The van der Waals surface area contributed by atoms with Gasteiger partial charge in [-0.25, -0.2) is 9.67 Å². The molecule has 5 nitrogen and oxygen atoms in total. The van der Waals surface area contributed by atoms with Gasteiger partial charge in [-0.3, -0.25) is 0 Å². The van der Waals surface area contributed by atoms with Gasteiger partial charge in [0.15, 0.2) is 5.65 Å². The number of aromatic nitrogens is 3. The van der Waals surface area contributed by atoms with Gasteiger partial charge in [0.05, 0.1) is 25.5 Å². The number of rotatable bonds is 6. The van der Waals surface area contributed by atoms with Crippen molar-refractivity contribution in [3.8, 4) is 5.75 Å². The summed E-state index contributed by atoms with van der Waals surface area (Å²) in [6, 6.07) is 10.1. The minimum atomic E-state index is 0.0529. The van der Waals surface area contributed by atoms with Crippen LogP contribution in [0.3, 0.4) is 0 Å². The minimum absolute atomic E-state index is 0.0529. The van der Waals surface area contributed by atoms with E-state index in [-0.39, 0.29) is 6.61 Å².